The summed E-state index contributed by atoms with van der Waals surface area (Å²) in [4.78, 5) is 10.9. The quantitative estimate of drug-likeness (QED) is 0.292. The Morgan fingerprint density at radius 2 is 2.27 bits per heavy atom. The first-order chi connectivity index (χ1) is 5.13. The van der Waals surface area contributed by atoms with Crippen LogP contribution in [0.2, 0.25) is 0 Å². The van der Waals surface area contributed by atoms with Gasteiger partial charge >= 0.3 is 5.97 Å². The van der Waals surface area contributed by atoms with Gasteiger partial charge in [0.1, 0.15) is 0 Å². The predicted octanol–water partition coefficient (Wildman–Crippen LogP) is 1.57. The van der Waals surface area contributed by atoms with Crippen LogP contribution >= 0.6 is 0 Å². The van der Waals surface area contributed by atoms with E-state index in [4.69, 9.17) is 5.11 Å². The van der Waals surface area contributed by atoms with Crippen molar-refractivity contribution in [3.8, 4) is 0 Å². The minimum absolute atomic E-state index is 0.0169. The summed E-state index contributed by atoms with van der Waals surface area (Å²) >= 11 is 0. The minimum atomic E-state index is -0.509. The van der Waals surface area contributed by atoms with E-state index >= 15 is 0 Å². The molecule has 0 fully saturated rings. The van der Waals surface area contributed by atoms with Crippen LogP contribution in [0, 0.1) is 0 Å². The van der Waals surface area contributed by atoms with Gasteiger partial charge in [-0.15, -0.1) is 6.58 Å². The first kappa shape index (κ1) is 9.75. The molecule has 0 aliphatic rings. The maximum absolute atomic E-state index is 10.9. The number of methoxy groups -OCH3 is 1. The smallest absolute Gasteiger partial charge is 0.337 e. The summed E-state index contributed by atoms with van der Waals surface area (Å²) in [6.45, 7) is 4.89. The number of rotatable bonds is 3. The lowest BCUT2D eigenvalue weighted by atomic mass is 10.1. The molecule has 3 heteroatoms. The Labute approximate surface area is 66.0 Å². The monoisotopic (exact) mass is 156 g/mol. The third-order valence-electron chi connectivity index (χ3n) is 1.22. The van der Waals surface area contributed by atoms with Crippen molar-refractivity contribution in [3.63, 3.8) is 0 Å². The van der Waals surface area contributed by atoms with Crippen LogP contribution in [0.1, 0.15) is 13.3 Å². The van der Waals surface area contributed by atoms with Crippen molar-refractivity contribution in [2.75, 3.05) is 7.11 Å². The van der Waals surface area contributed by atoms with Crippen molar-refractivity contribution in [1.29, 1.82) is 0 Å². The number of esters is 1. The standard InChI is InChI=1S/C8H12O3/c1-4-5-7(6(2)9)8(10)11-3/h4,9H,1,5H2,2-3H3/b7-6+. The van der Waals surface area contributed by atoms with Gasteiger partial charge in [-0.2, -0.15) is 0 Å². The SMILES string of the molecule is C=CC/C(C(=O)OC)=C(/C)O. The number of aliphatic hydroxyl groups is 1. The molecule has 0 rings (SSSR count). The number of hydrogen-bond acceptors (Lipinski definition) is 3. The molecule has 0 aliphatic heterocycles. The minimum Gasteiger partial charge on any atom is -0.512 e. The van der Waals surface area contributed by atoms with Crippen molar-refractivity contribution in [3.05, 3.63) is 24.0 Å². The number of allylic oxidation sites excluding steroid dienone is 2. The summed E-state index contributed by atoms with van der Waals surface area (Å²) in [5.74, 6) is -0.526. The van der Waals surface area contributed by atoms with Gasteiger partial charge in [-0.3, -0.25) is 0 Å². The molecule has 3 nitrogen and oxygen atoms in total. The van der Waals surface area contributed by atoms with Gasteiger partial charge in [-0.25, -0.2) is 4.79 Å². The lowest BCUT2D eigenvalue weighted by Gasteiger charge is -2.02. The molecule has 0 aromatic carbocycles. The summed E-state index contributed by atoms with van der Waals surface area (Å²) in [6.07, 6.45) is 1.86. The molecule has 0 radical (unpaired) electrons. The van der Waals surface area contributed by atoms with Crippen LogP contribution in [-0.2, 0) is 9.53 Å². The van der Waals surface area contributed by atoms with E-state index in [-0.39, 0.29) is 11.3 Å². The molecular weight excluding hydrogens is 144 g/mol. The number of hydrogen-bond donors (Lipinski definition) is 1. The van der Waals surface area contributed by atoms with Crippen LogP contribution < -0.4 is 0 Å². The molecule has 0 saturated heterocycles. The summed E-state index contributed by atoms with van der Waals surface area (Å²) in [6, 6.07) is 0. The Bertz CT molecular complexity index is 188. The van der Waals surface area contributed by atoms with Gasteiger partial charge in [0.05, 0.1) is 18.4 Å². The summed E-state index contributed by atoms with van der Waals surface area (Å²) in [5.41, 5.74) is 0.252. The van der Waals surface area contributed by atoms with Crippen molar-refractivity contribution >= 4 is 5.97 Å². The molecule has 0 aromatic heterocycles. The van der Waals surface area contributed by atoms with Gasteiger partial charge in [0.25, 0.3) is 0 Å². The Morgan fingerprint density at radius 1 is 1.73 bits per heavy atom. The molecule has 0 spiro atoms. The molecule has 11 heavy (non-hydrogen) atoms. The third kappa shape index (κ3) is 2.89. The lowest BCUT2D eigenvalue weighted by molar-refractivity contribution is -0.136. The van der Waals surface area contributed by atoms with E-state index in [1.165, 1.54) is 20.1 Å². The Hall–Kier alpha value is -1.25. The van der Waals surface area contributed by atoms with E-state index in [2.05, 4.69) is 11.3 Å². The van der Waals surface area contributed by atoms with Gasteiger partial charge in [0.15, 0.2) is 0 Å². The van der Waals surface area contributed by atoms with Crippen LogP contribution in [0.3, 0.4) is 0 Å². The Kier molecular flexibility index (Phi) is 4.03. The molecule has 0 amide bonds. The Morgan fingerprint density at radius 3 is 2.55 bits per heavy atom. The first-order valence-corrected chi connectivity index (χ1v) is 3.21. The van der Waals surface area contributed by atoms with Crippen LogP contribution in [0.25, 0.3) is 0 Å². The molecule has 1 N–H and O–H groups in total. The molecule has 0 heterocycles. The molecule has 0 atom stereocenters. The first-order valence-electron chi connectivity index (χ1n) is 3.21. The second-order valence-electron chi connectivity index (χ2n) is 2.05. The molecule has 0 aromatic rings. The summed E-state index contributed by atoms with van der Waals surface area (Å²) in [7, 11) is 1.27. The zero-order valence-electron chi connectivity index (χ0n) is 6.76. The molecule has 62 valence electrons. The normalized spacial score (nSPS) is 11.8. The highest BCUT2D eigenvalue weighted by Crippen LogP contribution is 2.08. The van der Waals surface area contributed by atoms with Gasteiger partial charge in [0.2, 0.25) is 0 Å². The topological polar surface area (TPSA) is 46.5 Å². The van der Waals surface area contributed by atoms with Gasteiger partial charge in [0, 0.05) is 6.42 Å². The fourth-order valence-corrected chi connectivity index (χ4v) is 0.646. The average Bonchev–Trinajstić information content (AvgIpc) is 1.98. The predicted molar refractivity (Wildman–Crippen MR) is 42.2 cm³/mol. The summed E-state index contributed by atoms with van der Waals surface area (Å²) < 4.78 is 4.42. The lowest BCUT2D eigenvalue weighted by Crippen LogP contribution is -2.06. The number of aliphatic hydroxyl groups excluding tert-OH is 1. The van der Waals surface area contributed by atoms with Crippen LogP contribution in [-0.4, -0.2) is 18.2 Å². The zero-order valence-corrected chi connectivity index (χ0v) is 6.76. The van der Waals surface area contributed by atoms with Crippen LogP contribution in [0.4, 0.5) is 0 Å². The van der Waals surface area contributed by atoms with E-state index in [1.807, 2.05) is 0 Å². The maximum Gasteiger partial charge on any atom is 0.337 e. The van der Waals surface area contributed by atoms with Crippen molar-refractivity contribution < 1.29 is 14.6 Å². The average molecular weight is 156 g/mol. The Balaban J connectivity index is 4.48. The summed E-state index contributed by atoms with van der Waals surface area (Å²) in [5, 5.41) is 8.98. The highest BCUT2D eigenvalue weighted by atomic mass is 16.5. The molecular formula is C8H12O3. The molecule has 0 aliphatic carbocycles. The van der Waals surface area contributed by atoms with Gasteiger partial charge < -0.3 is 9.84 Å². The van der Waals surface area contributed by atoms with Crippen molar-refractivity contribution in [1.82, 2.24) is 0 Å². The van der Waals surface area contributed by atoms with Crippen molar-refractivity contribution in [2.24, 2.45) is 0 Å². The number of ether oxygens (including phenoxy) is 1. The van der Waals surface area contributed by atoms with Crippen molar-refractivity contribution in [2.45, 2.75) is 13.3 Å². The van der Waals surface area contributed by atoms with E-state index in [9.17, 15) is 4.79 Å². The number of carbonyl (C=O) groups excluding carboxylic acids is 1. The fraction of sp³-hybridized carbons (Fsp3) is 0.375. The third-order valence-corrected chi connectivity index (χ3v) is 1.22. The molecule has 0 saturated carbocycles. The fourth-order valence-electron chi connectivity index (χ4n) is 0.646. The van der Waals surface area contributed by atoms with Crippen LogP contribution in [0.15, 0.2) is 24.0 Å². The second-order valence-corrected chi connectivity index (χ2v) is 2.05. The second kappa shape index (κ2) is 4.55. The maximum atomic E-state index is 10.9. The highest BCUT2D eigenvalue weighted by molar-refractivity contribution is 5.89. The molecule has 0 unspecified atom stereocenters. The largest absolute Gasteiger partial charge is 0.512 e. The van der Waals surface area contributed by atoms with Gasteiger partial charge in [-0.05, 0) is 6.92 Å². The van der Waals surface area contributed by atoms with E-state index in [1.54, 1.807) is 0 Å². The van der Waals surface area contributed by atoms with E-state index in [0.29, 0.717) is 6.42 Å². The van der Waals surface area contributed by atoms with E-state index in [0.717, 1.165) is 0 Å². The molecule has 0 bridgehead atoms. The van der Waals surface area contributed by atoms with Gasteiger partial charge in [-0.1, -0.05) is 6.08 Å². The zero-order chi connectivity index (χ0) is 8.85. The van der Waals surface area contributed by atoms with E-state index < -0.39 is 5.97 Å². The number of carbonyl (C=O) groups is 1. The van der Waals surface area contributed by atoms with Crippen LogP contribution in [0.5, 0.6) is 0 Å². The highest BCUT2D eigenvalue weighted by Gasteiger charge is 2.10.